The fourth-order valence-electron chi connectivity index (χ4n) is 3.20. The predicted molar refractivity (Wildman–Crippen MR) is 77.8 cm³/mol. The minimum absolute atomic E-state index is 0.0228. The van der Waals surface area contributed by atoms with E-state index in [4.69, 9.17) is 4.74 Å². The number of hydrogen-bond donors (Lipinski definition) is 0. The Labute approximate surface area is 117 Å². The summed E-state index contributed by atoms with van der Waals surface area (Å²) in [5.74, 6) is 1.00. The summed E-state index contributed by atoms with van der Waals surface area (Å²) in [7, 11) is 0. The summed E-state index contributed by atoms with van der Waals surface area (Å²) in [6.07, 6.45) is 17.4. The van der Waals surface area contributed by atoms with Crippen LogP contribution >= 0.6 is 0 Å². The van der Waals surface area contributed by atoms with Crippen molar-refractivity contribution < 1.29 is 9.53 Å². The Kier molecular flexibility index (Phi) is 6.46. The van der Waals surface area contributed by atoms with Gasteiger partial charge in [0.1, 0.15) is 5.76 Å². The van der Waals surface area contributed by atoms with Gasteiger partial charge in [-0.3, -0.25) is 4.79 Å². The van der Waals surface area contributed by atoms with Crippen LogP contribution in [0.2, 0.25) is 0 Å². The first-order chi connectivity index (χ1) is 9.36. The van der Waals surface area contributed by atoms with Crippen molar-refractivity contribution in [3.05, 3.63) is 11.3 Å². The zero-order valence-electron chi connectivity index (χ0n) is 12.2. The molecule has 1 heterocycles. The predicted octanol–water partition coefficient (Wildman–Crippen LogP) is 5.27. The van der Waals surface area contributed by atoms with Crippen LogP contribution in [0.4, 0.5) is 0 Å². The van der Waals surface area contributed by atoms with Crippen LogP contribution in [-0.4, -0.2) is 5.97 Å². The van der Waals surface area contributed by atoms with E-state index in [1.165, 1.54) is 69.8 Å². The molecule has 2 fully saturated rings. The van der Waals surface area contributed by atoms with Gasteiger partial charge >= 0.3 is 5.97 Å². The largest absolute Gasteiger partial charge is 0.431 e. The highest BCUT2D eigenvalue weighted by atomic mass is 16.5. The average Bonchev–Trinajstić information content (AvgIpc) is 2.84. The number of allylic oxidation sites excluding steroid dienone is 2. The van der Waals surface area contributed by atoms with Gasteiger partial charge in [0.15, 0.2) is 0 Å². The molecule has 0 unspecified atom stereocenters. The molecule has 2 heteroatoms. The third kappa shape index (κ3) is 5.38. The standard InChI is InChI=1S/C17H28O2/c18-17-14-13-16(19-17)15-11-9-7-5-3-1-2-4-6-8-10-12-15/h1-14H2. The zero-order chi connectivity index (χ0) is 13.3. The zero-order valence-corrected chi connectivity index (χ0v) is 12.2. The molecule has 0 N–H and O–H groups in total. The quantitative estimate of drug-likeness (QED) is 0.557. The normalized spacial score (nSPS) is 24.3. The van der Waals surface area contributed by atoms with Gasteiger partial charge in [-0.2, -0.15) is 0 Å². The van der Waals surface area contributed by atoms with Crippen LogP contribution in [-0.2, 0) is 9.53 Å². The maximum Gasteiger partial charge on any atom is 0.311 e. The Balaban J connectivity index is 1.89. The van der Waals surface area contributed by atoms with Gasteiger partial charge in [0.25, 0.3) is 0 Å². The van der Waals surface area contributed by atoms with E-state index in [0.29, 0.717) is 6.42 Å². The Morgan fingerprint density at radius 3 is 1.47 bits per heavy atom. The number of carbonyl (C=O) groups is 1. The van der Waals surface area contributed by atoms with Gasteiger partial charge in [0.05, 0.1) is 6.42 Å². The lowest BCUT2D eigenvalue weighted by atomic mass is 9.98. The van der Waals surface area contributed by atoms with Gasteiger partial charge in [0, 0.05) is 6.42 Å². The van der Waals surface area contributed by atoms with Crippen LogP contribution in [0.5, 0.6) is 0 Å². The number of carbonyl (C=O) groups excluding carboxylic acids is 1. The second kappa shape index (κ2) is 8.39. The molecule has 0 spiro atoms. The fourth-order valence-corrected chi connectivity index (χ4v) is 3.20. The number of ether oxygens (including phenoxy) is 1. The van der Waals surface area contributed by atoms with E-state index in [2.05, 4.69) is 0 Å². The van der Waals surface area contributed by atoms with E-state index in [1.807, 2.05) is 0 Å². The summed E-state index contributed by atoms with van der Waals surface area (Å²) >= 11 is 0. The molecule has 1 aliphatic carbocycles. The lowest BCUT2D eigenvalue weighted by molar-refractivity contribution is -0.135. The van der Waals surface area contributed by atoms with Crippen molar-refractivity contribution in [1.29, 1.82) is 0 Å². The van der Waals surface area contributed by atoms with Crippen molar-refractivity contribution in [1.82, 2.24) is 0 Å². The summed E-state index contributed by atoms with van der Waals surface area (Å²) < 4.78 is 5.39. The van der Waals surface area contributed by atoms with E-state index in [0.717, 1.165) is 25.0 Å². The van der Waals surface area contributed by atoms with Gasteiger partial charge in [-0.05, 0) is 31.3 Å². The summed E-state index contributed by atoms with van der Waals surface area (Å²) in [5.41, 5.74) is 1.45. The second-order valence-corrected chi connectivity index (χ2v) is 6.04. The van der Waals surface area contributed by atoms with Gasteiger partial charge in [-0.15, -0.1) is 0 Å². The Morgan fingerprint density at radius 1 is 0.579 bits per heavy atom. The number of esters is 1. The number of cyclic esters (lactones) is 1. The van der Waals surface area contributed by atoms with Gasteiger partial charge < -0.3 is 4.74 Å². The summed E-state index contributed by atoms with van der Waals surface area (Å²) in [6, 6.07) is 0. The van der Waals surface area contributed by atoms with E-state index >= 15 is 0 Å². The molecule has 0 aromatic rings. The molecule has 1 saturated carbocycles. The highest BCUT2D eigenvalue weighted by Crippen LogP contribution is 2.29. The lowest BCUT2D eigenvalue weighted by Crippen LogP contribution is -1.95. The molecule has 1 saturated heterocycles. The van der Waals surface area contributed by atoms with Crippen LogP contribution in [0.1, 0.15) is 89.9 Å². The van der Waals surface area contributed by atoms with Crippen molar-refractivity contribution in [2.45, 2.75) is 89.9 Å². The van der Waals surface area contributed by atoms with E-state index in [-0.39, 0.29) is 5.97 Å². The van der Waals surface area contributed by atoms with Crippen LogP contribution < -0.4 is 0 Å². The maximum atomic E-state index is 11.3. The van der Waals surface area contributed by atoms with Crippen LogP contribution in [0.3, 0.4) is 0 Å². The molecule has 2 aliphatic rings. The first-order valence-electron chi connectivity index (χ1n) is 8.28. The monoisotopic (exact) mass is 264 g/mol. The molecular formula is C17H28O2. The van der Waals surface area contributed by atoms with Crippen molar-refractivity contribution in [2.24, 2.45) is 0 Å². The fraction of sp³-hybridized carbons (Fsp3) is 0.824. The van der Waals surface area contributed by atoms with Crippen molar-refractivity contribution in [3.63, 3.8) is 0 Å². The van der Waals surface area contributed by atoms with E-state index in [9.17, 15) is 4.79 Å². The highest BCUT2D eigenvalue weighted by Gasteiger charge is 2.20. The van der Waals surface area contributed by atoms with E-state index < -0.39 is 0 Å². The minimum atomic E-state index is -0.0228. The SMILES string of the molecule is O=C1CCC(=C2CCCCCCCCCCCC2)O1. The molecular weight excluding hydrogens is 236 g/mol. The Morgan fingerprint density at radius 2 is 1.05 bits per heavy atom. The Hall–Kier alpha value is -0.790. The molecule has 2 nitrogen and oxygen atoms in total. The first kappa shape index (κ1) is 14.6. The summed E-state index contributed by atoms with van der Waals surface area (Å²) in [5, 5.41) is 0. The molecule has 0 radical (unpaired) electrons. The summed E-state index contributed by atoms with van der Waals surface area (Å²) in [4.78, 5) is 11.3. The first-order valence-corrected chi connectivity index (χ1v) is 8.28. The van der Waals surface area contributed by atoms with Crippen LogP contribution in [0.25, 0.3) is 0 Å². The molecule has 1 aliphatic heterocycles. The molecule has 0 bridgehead atoms. The molecule has 0 aromatic heterocycles. The molecule has 108 valence electrons. The highest BCUT2D eigenvalue weighted by molar-refractivity contribution is 5.73. The average molecular weight is 264 g/mol. The smallest absolute Gasteiger partial charge is 0.311 e. The number of rotatable bonds is 0. The molecule has 0 atom stereocenters. The van der Waals surface area contributed by atoms with Crippen LogP contribution in [0.15, 0.2) is 11.3 Å². The lowest BCUT2D eigenvalue weighted by Gasteiger charge is -2.10. The maximum absolute atomic E-state index is 11.3. The third-order valence-electron chi connectivity index (χ3n) is 4.39. The van der Waals surface area contributed by atoms with Crippen molar-refractivity contribution >= 4 is 5.97 Å². The molecule has 19 heavy (non-hydrogen) atoms. The minimum Gasteiger partial charge on any atom is -0.431 e. The third-order valence-corrected chi connectivity index (χ3v) is 4.39. The van der Waals surface area contributed by atoms with Gasteiger partial charge in [-0.1, -0.05) is 51.4 Å². The summed E-state index contributed by atoms with van der Waals surface area (Å²) in [6.45, 7) is 0. The van der Waals surface area contributed by atoms with E-state index in [1.54, 1.807) is 0 Å². The van der Waals surface area contributed by atoms with Crippen molar-refractivity contribution in [3.8, 4) is 0 Å². The van der Waals surface area contributed by atoms with Crippen molar-refractivity contribution in [2.75, 3.05) is 0 Å². The molecule has 2 rings (SSSR count). The second-order valence-electron chi connectivity index (χ2n) is 6.04. The molecule has 0 aromatic carbocycles. The van der Waals surface area contributed by atoms with Crippen LogP contribution in [0, 0.1) is 0 Å². The van der Waals surface area contributed by atoms with Gasteiger partial charge in [-0.25, -0.2) is 0 Å². The topological polar surface area (TPSA) is 26.3 Å². The van der Waals surface area contributed by atoms with Gasteiger partial charge in [0.2, 0.25) is 0 Å². The Bertz CT molecular complexity index is 301. The molecule has 0 amide bonds. The number of hydrogen-bond acceptors (Lipinski definition) is 2.